The van der Waals surface area contributed by atoms with Crippen LogP contribution in [0.1, 0.15) is 16.8 Å². The van der Waals surface area contributed by atoms with E-state index in [9.17, 15) is 4.79 Å². The van der Waals surface area contributed by atoms with E-state index in [1.807, 2.05) is 6.20 Å². The lowest BCUT2D eigenvalue weighted by molar-refractivity contribution is 0.279. The molecule has 0 saturated carbocycles. The normalized spacial score (nSPS) is 18.7. The lowest BCUT2D eigenvalue weighted by Crippen LogP contribution is -2.45. The molecule has 1 fully saturated rings. The molecule has 1 aromatic carbocycles. The van der Waals surface area contributed by atoms with E-state index >= 15 is 0 Å². The number of nitrogens with one attached hydrogen (secondary N) is 2. The Morgan fingerprint density at radius 2 is 1.86 bits per heavy atom. The van der Waals surface area contributed by atoms with E-state index in [-0.39, 0.29) is 5.56 Å². The summed E-state index contributed by atoms with van der Waals surface area (Å²) in [6.45, 7) is 6.52. The predicted octanol–water partition coefficient (Wildman–Crippen LogP) is 1.60. The molecule has 5 rings (SSSR count). The summed E-state index contributed by atoms with van der Waals surface area (Å²) in [4.78, 5) is 30.9. The third-order valence-electron chi connectivity index (χ3n) is 6.26. The van der Waals surface area contributed by atoms with E-state index in [0.29, 0.717) is 0 Å². The van der Waals surface area contributed by atoms with Crippen molar-refractivity contribution >= 4 is 16.9 Å². The highest BCUT2D eigenvalue weighted by Gasteiger charge is 2.22. The second-order valence-electron chi connectivity index (χ2n) is 8.28. The first-order chi connectivity index (χ1) is 14.2. The van der Waals surface area contributed by atoms with Crippen molar-refractivity contribution in [2.45, 2.75) is 19.4 Å². The first-order valence-corrected chi connectivity index (χ1v) is 10.5. The Morgan fingerprint density at radius 3 is 2.72 bits per heavy atom. The Bertz CT molecular complexity index is 1060. The number of rotatable bonds is 3. The molecule has 0 spiro atoms. The average Bonchev–Trinajstić information content (AvgIpc) is 3.09. The van der Waals surface area contributed by atoms with Gasteiger partial charge in [-0.1, -0.05) is 12.1 Å². The van der Waals surface area contributed by atoms with E-state index in [1.165, 1.54) is 16.5 Å². The van der Waals surface area contributed by atoms with Gasteiger partial charge in [0.15, 0.2) is 0 Å². The topological polar surface area (TPSA) is 71.3 Å². The highest BCUT2D eigenvalue weighted by molar-refractivity contribution is 5.79. The van der Waals surface area contributed by atoms with Gasteiger partial charge in [-0.25, -0.2) is 4.98 Å². The van der Waals surface area contributed by atoms with Gasteiger partial charge >= 0.3 is 0 Å². The minimum Gasteiger partial charge on any atom is -0.361 e. The van der Waals surface area contributed by atoms with Gasteiger partial charge in [0.05, 0.1) is 5.69 Å². The SMILES string of the molecule is CN1CCN(c2nc3c(c(=O)[nH]2)CCN(Cc2ccc4cc[nH]c4c2)CC3)CC1. The molecule has 2 aliphatic heterocycles. The molecule has 1 saturated heterocycles. The summed E-state index contributed by atoms with van der Waals surface area (Å²) >= 11 is 0. The Morgan fingerprint density at radius 1 is 1.03 bits per heavy atom. The molecule has 0 bridgehead atoms. The van der Waals surface area contributed by atoms with Gasteiger partial charge in [0.1, 0.15) is 0 Å². The van der Waals surface area contributed by atoms with Crippen molar-refractivity contribution < 1.29 is 0 Å². The Balaban J connectivity index is 1.31. The number of benzene rings is 1. The number of H-pyrrole nitrogens is 2. The van der Waals surface area contributed by atoms with Gasteiger partial charge < -0.3 is 14.8 Å². The number of piperazine rings is 1. The zero-order chi connectivity index (χ0) is 19.8. The van der Waals surface area contributed by atoms with Crippen molar-refractivity contribution in [3.05, 3.63) is 57.6 Å². The van der Waals surface area contributed by atoms with Crippen LogP contribution >= 0.6 is 0 Å². The fourth-order valence-corrected chi connectivity index (χ4v) is 4.42. The lowest BCUT2D eigenvalue weighted by atomic mass is 10.1. The van der Waals surface area contributed by atoms with Gasteiger partial charge in [0.2, 0.25) is 5.95 Å². The highest BCUT2D eigenvalue weighted by atomic mass is 16.1. The first-order valence-electron chi connectivity index (χ1n) is 10.5. The molecule has 2 aliphatic rings. The molecule has 7 heteroatoms. The number of hydrogen-bond acceptors (Lipinski definition) is 5. The lowest BCUT2D eigenvalue weighted by Gasteiger charge is -2.32. The van der Waals surface area contributed by atoms with Gasteiger partial charge in [0, 0.05) is 69.5 Å². The molecule has 4 heterocycles. The van der Waals surface area contributed by atoms with Crippen molar-refractivity contribution in [3.8, 4) is 0 Å². The highest BCUT2D eigenvalue weighted by Crippen LogP contribution is 2.19. The summed E-state index contributed by atoms with van der Waals surface area (Å²) in [6.07, 6.45) is 3.56. The van der Waals surface area contributed by atoms with Crippen LogP contribution in [0.3, 0.4) is 0 Å². The molecule has 2 N–H and O–H groups in total. The van der Waals surface area contributed by atoms with Crippen LogP contribution in [-0.2, 0) is 19.4 Å². The quantitative estimate of drug-likeness (QED) is 0.709. The maximum atomic E-state index is 12.8. The van der Waals surface area contributed by atoms with Crippen molar-refractivity contribution in [2.75, 3.05) is 51.2 Å². The average molecular weight is 393 g/mol. The maximum absolute atomic E-state index is 12.8. The largest absolute Gasteiger partial charge is 0.361 e. The molecule has 7 nitrogen and oxygen atoms in total. The first kappa shape index (κ1) is 18.4. The molecule has 3 aromatic rings. The van der Waals surface area contributed by atoms with Crippen LogP contribution in [0, 0.1) is 0 Å². The van der Waals surface area contributed by atoms with Crippen molar-refractivity contribution in [3.63, 3.8) is 0 Å². The summed E-state index contributed by atoms with van der Waals surface area (Å²) < 4.78 is 0. The summed E-state index contributed by atoms with van der Waals surface area (Å²) in [5.74, 6) is 0.743. The van der Waals surface area contributed by atoms with Crippen molar-refractivity contribution in [1.29, 1.82) is 0 Å². The van der Waals surface area contributed by atoms with Crippen molar-refractivity contribution in [2.24, 2.45) is 0 Å². The van der Waals surface area contributed by atoms with E-state index in [2.05, 4.69) is 56.0 Å². The Labute approximate surface area is 170 Å². The molecular formula is C22H28N6O. The summed E-state index contributed by atoms with van der Waals surface area (Å²) in [7, 11) is 2.13. The van der Waals surface area contributed by atoms with Gasteiger partial charge in [-0.15, -0.1) is 0 Å². The third kappa shape index (κ3) is 3.80. The zero-order valence-electron chi connectivity index (χ0n) is 16.9. The van der Waals surface area contributed by atoms with Crippen LogP contribution in [0.25, 0.3) is 10.9 Å². The summed E-state index contributed by atoms with van der Waals surface area (Å²) in [5.41, 5.74) is 4.36. The number of aromatic nitrogens is 3. The summed E-state index contributed by atoms with van der Waals surface area (Å²) in [5, 5.41) is 1.24. The van der Waals surface area contributed by atoms with E-state index in [4.69, 9.17) is 4.98 Å². The van der Waals surface area contributed by atoms with Gasteiger partial charge in [-0.3, -0.25) is 14.7 Å². The molecule has 152 valence electrons. The Kier molecular flexibility index (Phi) is 4.85. The number of likely N-dealkylation sites (N-methyl/N-ethyl adjacent to an activating group) is 1. The van der Waals surface area contributed by atoms with Crippen LogP contribution in [0.4, 0.5) is 5.95 Å². The Hall–Kier alpha value is -2.64. The van der Waals surface area contributed by atoms with Crippen LogP contribution in [0.15, 0.2) is 35.3 Å². The smallest absolute Gasteiger partial charge is 0.255 e. The number of anilines is 1. The molecule has 0 unspecified atom stereocenters. The van der Waals surface area contributed by atoms with E-state index < -0.39 is 0 Å². The summed E-state index contributed by atoms with van der Waals surface area (Å²) in [6, 6.07) is 8.69. The molecule has 0 radical (unpaired) electrons. The molecule has 0 atom stereocenters. The number of nitrogens with zero attached hydrogens (tertiary/aromatic N) is 4. The van der Waals surface area contributed by atoms with Crippen LogP contribution in [0.5, 0.6) is 0 Å². The molecule has 0 aliphatic carbocycles. The van der Waals surface area contributed by atoms with Crippen LogP contribution < -0.4 is 10.5 Å². The van der Waals surface area contributed by atoms with Crippen LogP contribution in [0.2, 0.25) is 0 Å². The van der Waals surface area contributed by atoms with Crippen molar-refractivity contribution in [1.82, 2.24) is 24.8 Å². The van der Waals surface area contributed by atoms with E-state index in [0.717, 1.165) is 75.9 Å². The van der Waals surface area contributed by atoms with Crippen LogP contribution in [-0.4, -0.2) is 71.1 Å². The molecule has 29 heavy (non-hydrogen) atoms. The fraction of sp³-hybridized carbons (Fsp3) is 0.455. The molecular weight excluding hydrogens is 364 g/mol. The standard InChI is InChI=1S/C22H28N6O/c1-26-10-12-28(13-11-26)22-24-19-6-9-27(8-5-18(19)21(29)25-22)15-16-2-3-17-4-7-23-20(17)14-16/h2-4,7,14,23H,5-6,8-13,15H2,1H3,(H,24,25,29). The number of fused-ring (bicyclic) bond motifs is 2. The minimum absolute atomic E-state index is 0.0404. The molecule has 2 aromatic heterocycles. The van der Waals surface area contributed by atoms with Gasteiger partial charge in [0.25, 0.3) is 5.56 Å². The van der Waals surface area contributed by atoms with Gasteiger partial charge in [-0.2, -0.15) is 0 Å². The minimum atomic E-state index is 0.0404. The van der Waals surface area contributed by atoms with E-state index in [1.54, 1.807) is 0 Å². The predicted molar refractivity (Wildman–Crippen MR) is 116 cm³/mol. The zero-order valence-corrected chi connectivity index (χ0v) is 16.9. The third-order valence-corrected chi connectivity index (χ3v) is 6.26. The fourth-order valence-electron chi connectivity index (χ4n) is 4.42. The second-order valence-corrected chi connectivity index (χ2v) is 8.28. The monoisotopic (exact) mass is 392 g/mol. The number of hydrogen-bond donors (Lipinski definition) is 2. The van der Waals surface area contributed by atoms with Gasteiger partial charge in [-0.05, 0) is 36.6 Å². The number of aromatic amines is 2. The second kappa shape index (κ2) is 7.65. The maximum Gasteiger partial charge on any atom is 0.255 e. The molecule has 0 amide bonds.